The number of aryl methyl sites for hydroxylation is 1. The van der Waals surface area contributed by atoms with Crippen molar-refractivity contribution in [2.45, 2.75) is 35.8 Å². The van der Waals surface area contributed by atoms with Gasteiger partial charge in [0.1, 0.15) is 0 Å². The van der Waals surface area contributed by atoms with E-state index in [1.165, 1.54) is 5.56 Å². The van der Waals surface area contributed by atoms with Gasteiger partial charge in [-0.3, -0.25) is 0 Å². The molecule has 0 bridgehead atoms. The maximum Gasteiger partial charge on any atom is 0.0326 e. The molecule has 0 radical (unpaired) electrons. The molecule has 0 fully saturated rings. The Bertz CT molecular complexity index is 261. The highest BCUT2D eigenvalue weighted by Gasteiger charge is 2.23. The summed E-state index contributed by atoms with van der Waals surface area (Å²) in [6.07, 6.45) is 2.29. The molecule has 0 nitrogen and oxygen atoms in total. The second kappa shape index (κ2) is 5.32. The molecule has 0 saturated heterocycles. The fourth-order valence-electron chi connectivity index (χ4n) is 1.28. The highest BCUT2D eigenvalue weighted by Crippen LogP contribution is 2.30. The van der Waals surface area contributed by atoms with Crippen LogP contribution in [0.25, 0.3) is 0 Å². The Morgan fingerprint density at radius 3 is 2.29 bits per heavy atom. The SMILES string of the molecule is CC(C)(Br)C(Br)CCc1ccccc1. The van der Waals surface area contributed by atoms with E-state index in [1.54, 1.807) is 0 Å². The zero-order valence-electron chi connectivity index (χ0n) is 8.63. The number of halogens is 2. The minimum Gasteiger partial charge on any atom is -0.0876 e. The summed E-state index contributed by atoms with van der Waals surface area (Å²) in [6, 6.07) is 10.6. The van der Waals surface area contributed by atoms with Crippen molar-refractivity contribution in [2.75, 3.05) is 0 Å². The van der Waals surface area contributed by atoms with Crippen LogP contribution in [0.1, 0.15) is 25.8 Å². The lowest BCUT2D eigenvalue weighted by atomic mass is 10.0. The number of benzene rings is 1. The summed E-state index contributed by atoms with van der Waals surface area (Å²) >= 11 is 7.38. The molecule has 1 rings (SSSR count). The molecule has 1 atom stereocenters. The van der Waals surface area contributed by atoms with E-state index in [4.69, 9.17) is 0 Å². The van der Waals surface area contributed by atoms with Gasteiger partial charge < -0.3 is 0 Å². The molecule has 0 aliphatic heterocycles. The van der Waals surface area contributed by atoms with Crippen LogP contribution >= 0.6 is 31.9 Å². The van der Waals surface area contributed by atoms with Crippen molar-refractivity contribution in [3.05, 3.63) is 35.9 Å². The smallest absolute Gasteiger partial charge is 0.0326 e. The number of hydrogen-bond donors (Lipinski definition) is 0. The van der Waals surface area contributed by atoms with Crippen molar-refractivity contribution in [2.24, 2.45) is 0 Å². The molecule has 0 N–H and O–H groups in total. The quantitative estimate of drug-likeness (QED) is 0.714. The van der Waals surface area contributed by atoms with Crippen LogP contribution in [-0.4, -0.2) is 9.15 Å². The standard InChI is InChI=1S/C12H16Br2/c1-12(2,14)11(13)9-8-10-6-4-3-5-7-10/h3-7,11H,8-9H2,1-2H3. The summed E-state index contributed by atoms with van der Waals surface area (Å²) in [5, 5.41) is 0. The summed E-state index contributed by atoms with van der Waals surface area (Å²) in [6.45, 7) is 4.38. The fraction of sp³-hybridized carbons (Fsp3) is 0.500. The Labute approximate surface area is 103 Å². The zero-order valence-corrected chi connectivity index (χ0v) is 11.8. The Morgan fingerprint density at radius 1 is 1.21 bits per heavy atom. The molecule has 1 aromatic rings. The number of alkyl halides is 2. The topological polar surface area (TPSA) is 0 Å². The zero-order chi connectivity index (χ0) is 10.6. The second-order valence-electron chi connectivity index (χ2n) is 4.06. The molecule has 0 spiro atoms. The number of hydrogen-bond acceptors (Lipinski definition) is 0. The summed E-state index contributed by atoms with van der Waals surface area (Å²) in [5.41, 5.74) is 1.41. The van der Waals surface area contributed by atoms with E-state index in [-0.39, 0.29) is 4.32 Å². The van der Waals surface area contributed by atoms with Crippen LogP contribution in [0.2, 0.25) is 0 Å². The minimum atomic E-state index is 0.168. The Hall–Kier alpha value is 0.180. The van der Waals surface area contributed by atoms with E-state index in [2.05, 4.69) is 76.0 Å². The Balaban J connectivity index is 2.42. The lowest BCUT2D eigenvalue weighted by Crippen LogP contribution is -2.24. The van der Waals surface area contributed by atoms with Gasteiger partial charge in [-0.1, -0.05) is 62.2 Å². The molecule has 0 amide bonds. The van der Waals surface area contributed by atoms with E-state index in [9.17, 15) is 0 Å². The first-order valence-electron chi connectivity index (χ1n) is 4.87. The van der Waals surface area contributed by atoms with Crippen molar-refractivity contribution in [1.29, 1.82) is 0 Å². The van der Waals surface area contributed by atoms with Crippen LogP contribution in [0.15, 0.2) is 30.3 Å². The monoisotopic (exact) mass is 318 g/mol. The molecule has 78 valence electrons. The predicted octanol–water partition coefficient (Wildman–Crippen LogP) is 4.56. The minimum absolute atomic E-state index is 0.168. The van der Waals surface area contributed by atoms with Crippen molar-refractivity contribution in [1.82, 2.24) is 0 Å². The molecule has 0 heterocycles. The van der Waals surface area contributed by atoms with Gasteiger partial charge in [-0.2, -0.15) is 0 Å². The summed E-state index contributed by atoms with van der Waals surface area (Å²) in [4.78, 5) is 0.509. The van der Waals surface area contributed by atoms with E-state index in [0.717, 1.165) is 12.8 Å². The molecule has 0 saturated carbocycles. The molecule has 2 heteroatoms. The first-order valence-corrected chi connectivity index (χ1v) is 6.58. The molecule has 0 aliphatic carbocycles. The molecular weight excluding hydrogens is 304 g/mol. The largest absolute Gasteiger partial charge is 0.0876 e. The Morgan fingerprint density at radius 2 is 1.79 bits per heavy atom. The van der Waals surface area contributed by atoms with Crippen molar-refractivity contribution in [3.8, 4) is 0 Å². The van der Waals surface area contributed by atoms with Gasteiger partial charge in [0.05, 0.1) is 0 Å². The van der Waals surface area contributed by atoms with Crippen LogP contribution in [-0.2, 0) is 6.42 Å². The lowest BCUT2D eigenvalue weighted by Gasteiger charge is -2.23. The van der Waals surface area contributed by atoms with Gasteiger partial charge >= 0.3 is 0 Å². The normalized spacial score (nSPS) is 14.0. The van der Waals surface area contributed by atoms with E-state index >= 15 is 0 Å². The van der Waals surface area contributed by atoms with Gasteiger partial charge in [-0.05, 0) is 32.3 Å². The molecular formula is C12H16Br2. The summed E-state index contributed by atoms with van der Waals surface area (Å²) in [7, 11) is 0. The second-order valence-corrected chi connectivity index (χ2v) is 7.21. The lowest BCUT2D eigenvalue weighted by molar-refractivity contribution is 0.639. The first kappa shape index (κ1) is 12.3. The third-order valence-corrected chi connectivity index (χ3v) is 5.04. The highest BCUT2D eigenvalue weighted by atomic mass is 79.9. The van der Waals surface area contributed by atoms with Crippen molar-refractivity contribution < 1.29 is 0 Å². The summed E-state index contributed by atoms with van der Waals surface area (Å²) < 4.78 is 0.168. The summed E-state index contributed by atoms with van der Waals surface area (Å²) in [5.74, 6) is 0. The molecule has 14 heavy (non-hydrogen) atoms. The maximum atomic E-state index is 3.71. The average molecular weight is 320 g/mol. The first-order chi connectivity index (χ1) is 6.50. The fourth-order valence-corrected chi connectivity index (χ4v) is 1.74. The predicted molar refractivity (Wildman–Crippen MR) is 70.5 cm³/mol. The third-order valence-electron chi connectivity index (χ3n) is 2.27. The molecule has 1 unspecified atom stereocenters. The van der Waals surface area contributed by atoms with Gasteiger partial charge in [0.2, 0.25) is 0 Å². The van der Waals surface area contributed by atoms with Crippen molar-refractivity contribution in [3.63, 3.8) is 0 Å². The number of rotatable bonds is 4. The van der Waals surface area contributed by atoms with Crippen LogP contribution in [0.4, 0.5) is 0 Å². The van der Waals surface area contributed by atoms with Gasteiger partial charge in [0.25, 0.3) is 0 Å². The van der Waals surface area contributed by atoms with Gasteiger partial charge in [0.15, 0.2) is 0 Å². The third kappa shape index (κ3) is 4.14. The maximum absolute atomic E-state index is 3.71. The van der Waals surface area contributed by atoms with E-state index in [1.807, 2.05) is 0 Å². The van der Waals surface area contributed by atoms with Crippen LogP contribution in [0, 0.1) is 0 Å². The Kier molecular flexibility index (Phi) is 4.65. The molecule has 0 aliphatic rings. The van der Waals surface area contributed by atoms with Gasteiger partial charge in [-0.15, -0.1) is 0 Å². The molecule has 0 aromatic heterocycles. The average Bonchev–Trinajstić information content (AvgIpc) is 2.14. The van der Waals surface area contributed by atoms with Crippen LogP contribution in [0.3, 0.4) is 0 Å². The van der Waals surface area contributed by atoms with Crippen LogP contribution in [0.5, 0.6) is 0 Å². The van der Waals surface area contributed by atoms with Gasteiger partial charge in [-0.25, -0.2) is 0 Å². The van der Waals surface area contributed by atoms with Gasteiger partial charge in [0, 0.05) is 9.15 Å². The van der Waals surface area contributed by atoms with Crippen molar-refractivity contribution >= 4 is 31.9 Å². The van der Waals surface area contributed by atoms with E-state index < -0.39 is 0 Å². The highest BCUT2D eigenvalue weighted by molar-refractivity contribution is 9.12. The molecule has 1 aromatic carbocycles. The van der Waals surface area contributed by atoms with E-state index in [0.29, 0.717) is 4.83 Å². The van der Waals surface area contributed by atoms with Crippen LogP contribution < -0.4 is 0 Å².